The third-order valence-corrected chi connectivity index (χ3v) is 16.0. The van der Waals surface area contributed by atoms with Crippen LogP contribution in [0.15, 0.2) is 96.7 Å². The quantitative estimate of drug-likeness (QED) is 0.0379. The number of anilines is 2. The predicted octanol–water partition coefficient (Wildman–Crippen LogP) is 12.7. The zero-order valence-corrected chi connectivity index (χ0v) is 38.2. The normalized spacial score (nSPS) is 20.2. The van der Waals surface area contributed by atoms with Gasteiger partial charge in [0.1, 0.15) is 29.6 Å². The summed E-state index contributed by atoms with van der Waals surface area (Å²) in [6, 6.07) is 27.7. The number of nitrogens with zero attached hydrogens (tertiary/aromatic N) is 2. The molecule has 8 nitrogen and oxygen atoms in total. The monoisotopic (exact) mass is 938 g/mol. The number of rotatable bonds is 13. The minimum Gasteiger partial charge on any atom is -0.489 e. The summed E-state index contributed by atoms with van der Waals surface area (Å²) in [5, 5.41) is -0.0552. The molecule has 5 heterocycles. The number of para-hydroxylation sites is 1. The van der Waals surface area contributed by atoms with Gasteiger partial charge in [0.25, 0.3) is 0 Å². The molecule has 3 atom stereocenters. The third kappa shape index (κ3) is 7.28. The number of amides is 1. The highest BCUT2D eigenvalue weighted by atomic mass is 35.5. The molecule has 0 aromatic heterocycles. The number of thioether (sulfide) groups is 1. The van der Waals surface area contributed by atoms with Gasteiger partial charge in [-0.15, -0.1) is 11.8 Å². The number of esters is 1. The Morgan fingerprint density at radius 2 is 1.65 bits per heavy atom. The molecule has 0 bridgehead atoms. The van der Waals surface area contributed by atoms with Crippen molar-refractivity contribution >= 4 is 87.2 Å². The Kier molecular flexibility index (Phi) is 11.5. The van der Waals surface area contributed by atoms with Gasteiger partial charge in [0.15, 0.2) is 5.60 Å². The van der Waals surface area contributed by atoms with Crippen molar-refractivity contribution in [2.75, 3.05) is 23.8 Å². The number of hydrogen-bond acceptors (Lipinski definition) is 8. The number of Topliss-reactive ketones (excluding diaryl/α,β-unsaturated/α-hetero) is 1. The molecule has 5 aromatic rings. The first kappa shape index (κ1) is 42.3. The SMILES string of the molecule is CCCCCCc1cc2c(cc1OCC1=CN3C(=O)[C@H](CC(=O)Cc4ccccc4)[C@@H]3SC1)Oc1cc(N3CCc4ccccc43)ccc1C21OC(=O)c2c(Cl)c(Cl)c(Cl)c(Cl)c21. The van der Waals surface area contributed by atoms with Crippen LogP contribution in [0, 0.1) is 5.92 Å². The van der Waals surface area contributed by atoms with Crippen LogP contribution in [0.1, 0.15) is 82.8 Å². The van der Waals surface area contributed by atoms with Crippen molar-refractivity contribution in [1.29, 1.82) is 0 Å². The molecule has 10 rings (SSSR count). The molecule has 1 saturated heterocycles. The Balaban J connectivity index is 1.00. The zero-order valence-electron chi connectivity index (χ0n) is 34.4. The van der Waals surface area contributed by atoms with Crippen molar-refractivity contribution in [2.24, 2.45) is 5.92 Å². The van der Waals surface area contributed by atoms with Crippen molar-refractivity contribution in [3.05, 3.63) is 156 Å². The number of ketones is 1. The summed E-state index contributed by atoms with van der Waals surface area (Å²) in [4.78, 5) is 44.4. The topological polar surface area (TPSA) is 85.4 Å². The second-order valence-corrected chi connectivity index (χ2v) is 19.3. The number of ether oxygens (including phenoxy) is 3. The van der Waals surface area contributed by atoms with Crippen LogP contribution in [0.4, 0.5) is 11.4 Å². The summed E-state index contributed by atoms with van der Waals surface area (Å²) >= 11 is 28.9. The van der Waals surface area contributed by atoms with Crippen LogP contribution in [0.5, 0.6) is 17.2 Å². The average Bonchev–Trinajstić information content (AvgIpc) is 3.87. The molecule has 5 aliphatic rings. The van der Waals surface area contributed by atoms with Gasteiger partial charge in [-0.3, -0.25) is 9.59 Å². The van der Waals surface area contributed by atoms with Crippen LogP contribution < -0.4 is 14.4 Å². The van der Waals surface area contributed by atoms with E-state index in [0.717, 1.165) is 66.7 Å². The standard InChI is InChI=1S/C50H42Cl4N2O6S/c1-2-3-4-8-14-31-21-36-40(24-38(31)60-26-29-25-56-47(58)34(48(56)63-27-29)23-33(57)20-28-11-6-5-7-12-28)61-39-22-32(55-19-18-30-13-9-10-15-37(30)55)16-17-35(39)50(36)42-41(49(59)62-50)43(51)45(53)46(54)44(42)52/h5-7,9-13,15-17,21-22,24-25,34,48H,2-4,8,14,18-20,23,26-27H2,1H3/t34-,48-,50?/m0/s1. The highest BCUT2D eigenvalue weighted by Crippen LogP contribution is 2.62. The second-order valence-electron chi connectivity index (χ2n) is 16.7. The third-order valence-electron chi connectivity index (χ3n) is 12.7. The molecule has 63 heavy (non-hydrogen) atoms. The maximum absolute atomic E-state index is 14.1. The number of carbonyl (C=O) groups is 3. The lowest BCUT2D eigenvalue weighted by Crippen LogP contribution is -2.58. The Labute approximate surface area is 390 Å². The molecular weight excluding hydrogens is 898 g/mol. The number of aryl methyl sites for hydroxylation is 1. The van der Waals surface area contributed by atoms with E-state index in [9.17, 15) is 14.4 Å². The van der Waals surface area contributed by atoms with E-state index >= 15 is 0 Å². The first-order chi connectivity index (χ1) is 30.6. The number of unbranched alkanes of at least 4 members (excludes halogenated alkanes) is 3. The average molecular weight is 941 g/mol. The first-order valence-corrected chi connectivity index (χ1v) is 23.9. The lowest BCUT2D eigenvalue weighted by molar-refractivity contribution is -0.148. The summed E-state index contributed by atoms with van der Waals surface area (Å²) < 4.78 is 20.1. The van der Waals surface area contributed by atoms with E-state index in [1.807, 2.05) is 79.0 Å². The first-order valence-electron chi connectivity index (χ1n) is 21.3. The lowest BCUT2D eigenvalue weighted by atomic mass is 9.76. The Morgan fingerprint density at radius 3 is 2.48 bits per heavy atom. The van der Waals surface area contributed by atoms with E-state index in [2.05, 4.69) is 24.0 Å². The van der Waals surface area contributed by atoms with E-state index in [4.69, 9.17) is 60.6 Å². The zero-order chi connectivity index (χ0) is 43.6. The number of benzene rings is 5. The molecule has 13 heteroatoms. The Bertz CT molecular complexity index is 2750. The lowest BCUT2D eigenvalue weighted by Gasteiger charge is -2.47. The summed E-state index contributed by atoms with van der Waals surface area (Å²) in [6.07, 6.45) is 8.08. The molecule has 0 N–H and O–H groups in total. The van der Waals surface area contributed by atoms with Crippen LogP contribution >= 0.6 is 58.2 Å². The molecule has 5 aromatic carbocycles. The number of hydrogen-bond donors (Lipinski definition) is 0. The number of β-lactam (4-membered cyclic amide) rings is 1. The predicted molar refractivity (Wildman–Crippen MR) is 250 cm³/mol. The maximum atomic E-state index is 14.1. The van der Waals surface area contributed by atoms with E-state index in [1.165, 1.54) is 5.56 Å². The van der Waals surface area contributed by atoms with Gasteiger partial charge in [-0.2, -0.15) is 0 Å². The highest BCUT2D eigenvalue weighted by Gasteiger charge is 2.57. The van der Waals surface area contributed by atoms with E-state index in [-0.39, 0.29) is 61.7 Å². The fraction of sp³-hybridized carbons (Fsp3) is 0.300. The summed E-state index contributed by atoms with van der Waals surface area (Å²) in [5.74, 6) is 1.16. The van der Waals surface area contributed by atoms with Crippen LogP contribution in [-0.2, 0) is 39.2 Å². The number of fused-ring (bicyclic) bond motifs is 8. The smallest absolute Gasteiger partial charge is 0.341 e. The fourth-order valence-corrected chi connectivity index (χ4v) is 12.0. The van der Waals surface area contributed by atoms with Gasteiger partial charge in [-0.25, -0.2) is 4.79 Å². The molecule has 0 radical (unpaired) electrons. The van der Waals surface area contributed by atoms with Gasteiger partial charge < -0.3 is 24.0 Å². The molecule has 1 spiro atoms. The minimum absolute atomic E-state index is 0.0195. The van der Waals surface area contributed by atoms with Gasteiger partial charge in [0.05, 0.1) is 36.9 Å². The van der Waals surface area contributed by atoms with Crippen molar-refractivity contribution in [2.45, 2.75) is 69.3 Å². The van der Waals surface area contributed by atoms with Crippen LogP contribution in [0.3, 0.4) is 0 Å². The highest BCUT2D eigenvalue weighted by molar-refractivity contribution is 8.00. The van der Waals surface area contributed by atoms with Crippen molar-refractivity contribution in [3.8, 4) is 17.2 Å². The van der Waals surface area contributed by atoms with Gasteiger partial charge in [0.2, 0.25) is 5.91 Å². The Hall–Kier alpha value is -4.64. The van der Waals surface area contributed by atoms with Gasteiger partial charge in [-0.05, 0) is 65.8 Å². The summed E-state index contributed by atoms with van der Waals surface area (Å²) in [6.45, 7) is 3.19. The molecule has 5 aliphatic heterocycles. The van der Waals surface area contributed by atoms with Crippen molar-refractivity contribution in [1.82, 2.24) is 4.90 Å². The maximum Gasteiger partial charge on any atom is 0.341 e. The molecule has 1 amide bonds. The summed E-state index contributed by atoms with van der Waals surface area (Å²) in [7, 11) is 0. The van der Waals surface area contributed by atoms with Gasteiger partial charge >= 0.3 is 5.97 Å². The van der Waals surface area contributed by atoms with E-state index in [1.54, 1.807) is 16.7 Å². The Morgan fingerprint density at radius 1 is 0.873 bits per heavy atom. The van der Waals surface area contributed by atoms with Crippen LogP contribution in [0.25, 0.3) is 0 Å². The number of halogens is 4. The molecule has 322 valence electrons. The van der Waals surface area contributed by atoms with Gasteiger partial charge in [-0.1, -0.05) is 121 Å². The molecular formula is C50H42Cl4N2O6S. The van der Waals surface area contributed by atoms with E-state index < -0.39 is 11.6 Å². The van der Waals surface area contributed by atoms with Crippen LogP contribution in [0.2, 0.25) is 20.1 Å². The van der Waals surface area contributed by atoms with Gasteiger partial charge in [0, 0.05) is 71.5 Å². The molecule has 0 aliphatic carbocycles. The van der Waals surface area contributed by atoms with Crippen molar-refractivity contribution < 1.29 is 28.6 Å². The van der Waals surface area contributed by atoms with Crippen LogP contribution in [-0.4, -0.2) is 46.8 Å². The number of carbonyl (C=O) groups excluding carboxylic acids is 3. The van der Waals surface area contributed by atoms with Crippen molar-refractivity contribution in [3.63, 3.8) is 0 Å². The summed E-state index contributed by atoms with van der Waals surface area (Å²) in [5.41, 5.74) is 5.98. The molecule has 1 unspecified atom stereocenters. The minimum atomic E-state index is -1.59. The molecule has 0 saturated carbocycles. The fourth-order valence-electron chi connectivity index (χ4n) is 9.63. The largest absolute Gasteiger partial charge is 0.489 e. The molecule has 1 fully saturated rings. The second kappa shape index (κ2) is 17.1. The van der Waals surface area contributed by atoms with E-state index in [0.29, 0.717) is 52.5 Å².